The smallest absolute Gasteiger partial charge is 0.215 e. The molecule has 0 radical (unpaired) electrons. The molecule has 0 aliphatic carbocycles. The summed E-state index contributed by atoms with van der Waals surface area (Å²) in [5.41, 5.74) is 0.628. The number of pyridine rings is 1. The van der Waals surface area contributed by atoms with Crippen molar-refractivity contribution in [3.8, 4) is 0 Å². The molecule has 0 bridgehead atoms. The van der Waals surface area contributed by atoms with Crippen LogP contribution in [-0.2, 0) is 20.5 Å². The monoisotopic (exact) mass is 375 g/mol. The third-order valence-corrected chi connectivity index (χ3v) is 5.44. The van der Waals surface area contributed by atoms with Gasteiger partial charge in [-0.1, -0.05) is 17.7 Å². The predicted octanol–water partition coefficient (Wildman–Crippen LogP) is 2.04. The van der Waals surface area contributed by atoms with Crippen LogP contribution in [0, 0.1) is 0 Å². The minimum Gasteiger partial charge on any atom is -0.373 e. The van der Waals surface area contributed by atoms with Gasteiger partial charge in [-0.15, -0.1) is 0 Å². The molecule has 1 fully saturated rings. The number of nitrogens with zero attached hydrogens (tertiary/aromatic N) is 2. The molecule has 1 N–H and O–H groups in total. The van der Waals surface area contributed by atoms with Crippen molar-refractivity contribution < 1.29 is 13.2 Å². The van der Waals surface area contributed by atoms with Gasteiger partial charge >= 0.3 is 0 Å². The molecule has 1 aliphatic heterocycles. The Bertz CT molecular complexity index is 599. The first kappa shape index (κ1) is 19.6. The molecule has 1 aromatic heterocycles. The van der Waals surface area contributed by atoms with Crippen molar-refractivity contribution >= 4 is 21.6 Å². The summed E-state index contributed by atoms with van der Waals surface area (Å²) in [7, 11) is -3.34. The lowest BCUT2D eigenvalue weighted by molar-refractivity contribution is -0.0681. The van der Waals surface area contributed by atoms with Gasteiger partial charge in [-0.2, -0.15) is 0 Å². The second kappa shape index (κ2) is 9.10. The molecular formula is C16H26ClN3O3S. The zero-order valence-electron chi connectivity index (χ0n) is 14.2. The number of unbranched alkanes of at least 4 members (excludes halogenated alkanes) is 1. The highest BCUT2D eigenvalue weighted by Crippen LogP contribution is 2.11. The van der Waals surface area contributed by atoms with Gasteiger partial charge in [0, 0.05) is 25.8 Å². The first-order valence-electron chi connectivity index (χ1n) is 8.29. The summed E-state index contributed by atoms with van der Waals surface area (Å²) in [5.74, 6) is -0.0737. The van der Waals surface area contributed by atoms with Gasteiger partial charge in [0.05, 0.1) is 18.0 Å². The Morgan fingerprint density at radius 1 is 1.29 bits per heavy atom. The predicted molar refractivity (Wildman–Crippen MR) is 95.6 cm³/mol. The lowest BCUT2D eigenvalue weighted by Crippen LogP contribution is -2.45. The molecule has 24 heavy (non-hydrogen) atoms. The molecule has 2 rings (SSSR count). The Labute approximate surface area is 149 Å². The molecule has 0 amide bonds. The number of hydrogen-bond acceptors (Lipinski definition) is 5. The van der Waals surface area contributed by atoms with Crippen LogP contribution in [0.3, 0.4) is 0 Å². The van der Waals surface area contributed by atoms with Gasteiger partial charge in [-0.05, 0) is 44.9 Å². The zero-order chi connectivity index (χ0) is 17.6. The highest BCUT2D eigenvalue weighted by molar-refractivity contribution is 7.88. The minimum absolute atomic E-state index is 0.0737. The van der Waals surface area contributed by atoms with Crippen molar-refractivity contribution in [2.45, 2.75) is 44.6 Å². The third-order valence-electron chi connectivity index (χ3n) is 3.86. The first-order valence-corrected chi connectivity index (χ1v) is 10.3. The average Bonchev–Trinajstić information content (AvgIpc) is 2.48. The SMILES string of the molecule is C[C@H]1CN(CCCCNS(=O)(=O)Cc2ccc(Cl)nc2)C[C@H](C)O1. The molecule has 8 heteroatoms. The molecule has 1 aromatic rings. The van der Waals surface area contributed by atoms with Crippen molar-refractivity contribution in [1.82, 2.24) is 14.6 Å². The molecule has 2 atom stereocenters. The number of halogens is 1. The highest BCUT2D eigenvalue weighted by Gasteiger charge is 2.21. The maximum absolute atomic E-state index is 12.0. The summed E-state index contributed by atoms with van der Waals surface area (Å²) in [6.07, 6.45) is 3.80. The van der Waals surface area contributed by atoms with E-state index in [0.29, 0.717) is 17.3 Å². The van der Waals surface area contributed by atoms with Crippen molar-refractivity contribution in [1.29, 1.82) is 0 Å². The van der Waals surface area contributed by atoms with Crippen molar-refractivity contribution in [2.24, 2.45) is 0 Å². The summed E-state index contributed by atoms with van der Waals surface area (Å²) in [4.78, 5) is 6.28. The fourth-order valence-corrected chi connectivity index (χ4v) is 4.20. The maximum Gasteiger partial charge on any atom is 0.215 e. The second-order valence-corrected chi connectivity index (χ2v) is 8.56. The third kappa shape index (κ3) is 7.03. The number of ether oxygens (including phenoxy) is 1. The summed E-state index contributed by atoms with van der Waals surface area (Å²) in [5, 5.41) is 0.357. The average molecular weight is 376 g/mol. The summed E-state index contributed by atoms with van der Waals surface area (Å²) >= 11 is 5.70. The molecule has 1 saturated heterocycles. The van der Waals surface area contributed by atoms with E-state index in [4.69, 9.17) is 16.3 Å². The highest BCUT2D eigenvalue weighted by atomic mass is 35.5. The lowest BCUT2D eigenvalue weighted by atomic mass is 10.2. The maximum atomic E-state index is 12.0. The van der Waals surface area contributed by atoms with Gasteiger partial charge in [-0.3, -0.25) is 4.90 Å². The number of morpholine rings is 1. The van der Waals surface area contributed by atoms with Crippen LogP contribution in [0.25, 0.3) is 0 Å². The summed E-state index contributed by atoms with van der Waals surface area (Å²) in [6.45, 7) is 7.49. The quantitative estimate of drug-likeness (QED) is 0.556. The second-order valence-electron chi connectivity index (χ2n) is 6.37. The van der Waals surface area contributed by atoms with Crippen LogP contribution in [-0.4, -0.2) is 56.7 Å². The van der Waals surface area contributed by atoms with Gasteiger partial charge in [0.2, 0.25) is 10.0 Å². The molecule has 1 aliphatic rings. The first-order chi connectivity index (χ1) is 11.3. The van der Waals surface area contributed by atoms with Crippen LogP contribution in [0.1, 0.15) is 32.3 Å². The van der Waals surface area contributed by atoms with Gasteiger partial charge in [0.1, 0.15) is 5.15 Å². The van der Waals surface area contributed by atoms with E-state index in [1.165, 1.54) is 6.20 Å². The topological polar surface area (TPSA) is 71.5 Å². The molecule has 6 nitrogen and oxygen atoms in total. The Balaban J connectivity index is 1.65. The van der Waals surface area contributed by atoms with E-state index in [9.17, 15) is 8.42 Å². The van der Waals surface area contributed by atoms with E-state index in [2.05, 4.69) is 28.5 Å². The van der Waals surface area contributed by atoms with Crippen LogP contribution in [0.5, 0.6) is 0 Å². The van der Waals surface area contributed by atoms with Crippen LogP contribution < -0.4 is 4.72 Å². The lowest BCUT2D eigenvalue weighted by Gasteiger charge is -2.35. The van der Waals surface area contributed by atoms with E-state index in [1.54, 1.807) is 12.1 Å². The molecule has 0 saturated carbocycles. The van der Waals surface area contributed by atoms with Gasteiger partial charge in [0.25, 0.3) is 0 Å². The minimum atomic E-state index is -3.34. The van der Waals surface area contributed by atoms with Crippen LogP contribution in [0.2, 0.25) is 5.15 Å². The van der Waals surface area contributed by atoms with E-state index in [1.807, 2.05) is 0 Å². The van der Waals surface area contributed by atoms with Crippen molar-refractivity contribution in [2.75, 3.05) is 26.2 Å². The Morgan fingerprint density at radius 2 is 2.00 bits per heavy atom. The molecule has 2 heterocycles. The number of aromatic nitrogens is 1. The molecule has 0 unspecified atom stereocenters. The largest absolute Gasteiger partial charge is 0.373 e. The normalized spacial score (nSPS) is 22.6. The van der Waals surface area contributed by atoms with Crippen molar-refractivity contribution in [3.05, 3.63) is 29.0 Å². The molecular weight excluding hydrogens is 350 g/mol. The number of sulfonamides is 1. The van der Waals surface area contributed by atoms with Crippen molar-refractivity contribution in [3.63, 3.8) is 0 Å². The summed E-state index contributed by atoms with van der Waals surface area (Å²) < 4.78 is 32.4. The standard InChI is InChI=1S/C16H26ClN3O3S/c1-13-10-20(11-14(2)23-13)8-4-3-7-19-24(21,22)12-15-5-6-16(17)18-9-15/h5-6,9,13-14,19H,3-4,7-8,10-12H2,1-2H3/t13-,14-/m0/s1. The van der Waals surface area contributed by atoms with Crippen LogP contribution in [0.4, 0.5) is 0 Å². The van der Waals surface area contributed by atoms with Crippen LogP contribution >= 0.6 is 11.6 Å². The Morgan fingerprint density at radius 3 is 2.62 bits per heavy atom. The van der Waals surface area contributed by atoms with Gasteiger partial charge in [0.15, 0.2) is 0 Å². The van der Waals surface area contributed by atoms with Gasteiger partial charge in [-0.25, -0.2) is 18.1 Å². The van der Waals surface area contributed by atoms with E-state index in [-0.39, 0.29) is 18.0 Å². The zero-order valence-corrected chi connectivity index (χ0v) is 15.8. The number of rotatable bonds is 8. The molecule has 0 aromatic carbocycles. The molecule has 136 valence electrons. The summed E-state index contributed by atoms with van der Waals surface area (Å²) in [6, 6.07) is 3.27. The van der Waals surface area contributed by atoms with E-state index in [0.717, 1.165) is 32.5 Å². The fraction of sp³-hybridized carbons (Fsp3) is 0.688. The van der Waals surface area contributed by atoms with E-state index < -0.39 is 10.0 Å². The fourth-order valence-electron chi connectivity index (χ4n) is 2.92. The number of nitrogens with one attached hydrogen (secondary N) is 1. The Kier molecular flexibility index (Phi) is 7.43. The van der Waals surface area contributed by atoms with Crippen LogP contribution in [0.15, 0.2) is 18.3 Å². The molecule has 0 spiro atoms. The van der Waals surface area contributed by atoms with Gasteiger partial charge < -0.3 is 4.74 Å². The van der Waals surface area contributed by atoms with E-state index >= 15 is 0 Å². The Hall–Kier alpha value is -0.730. The number of hydrogen-bond donors (Lipinski definition) is 1.